The molecule has 2 N–H and O–H groups in total. The molecule has 0 bridgehead atoms. The highest BCUT2D eigenvalue weighted by Gasteiger charge is 2.31. The zero-order chi connectivity index (χ0) is 18.9. The van der Waals surface area contributed by atoms with E-state index in [1.54, 1.807) is 18.3 Å². The number of rotatable bonds is 9. The number of nitrogens with one attached hydrogen (secondary N) is 2. The molecule has 1 aromatic rings. The summed E-state index contributed by atoms with van der Waals surface area (Å²) in [7, 11) is 0. The van der Waals surface area contributed by atoms with E-state index in [9.17, 15) is 14.4 Å². The quantitative estimate of drug-likeness (QED) is 0.621. The van der Waals surface area contributed by atoms with Crippen molar-refractivity contribution < 1.29 is 23.9 Å². The first-order valence-corrected chi connectivity index (χ1v) is 10.3. The van der Waals surface area contributed by atoms with Gasteiger partial charge in [0.2, 0.25) is 0 Å². The van der Waals surface area contributed by atoms with Gasteiger partial charge < -0.3 is 20.1 Å². The molecule has 1 aliphatic heterocycles. The second-order valence-corrected chi connectivity index (χ2v) is 7.42. The van der Waals surface area contributed by atoms with Crippen molar-refractivity contribution in [3.8, 4) is 0 Å². The maximum atomic E-state index is 12.2. The lowest BCUT2D eigenvalue weighted by Crippen LogP contribution is -2.51. The number of urea groups is 1. The molecule has 9 heteroatoms. The average Bonchev–Trinajstić information content (AvgIpc) is 3.12. The van der Waals surface area contributed by atoms with Gasteiger partial charge in [0.1, 0.15) is 6.61 Å². The van der Waals surface area contributed by atoms with E-state index in [0.29, 0.717) is 12.0 Å². The lowest BCUT2D eigenvalue weighted by atomic mass is 10.0. The molecule has 0 radical (unpaired) electrons. The van der Waals surface area contributed by atoms with E-state index in [4.69, 9.17) is 9.47 Å². The number of esters is 2. The Balaban J connectivity index is 1.94. The summed E-state index contributed by atoms with van der Waals surface area (Å²) in [5.41, 5.74) is 0.573. The van der Waals surface area contributed by atoms with E-state index >= 15 is 0 Å². The van der Waals surface area contributed by atoms with Gasteiger partial charge in [0, 0.05) is 10.6 Å². The number of thiophene rings is 1. The molecular weight excluding hydrogens is 376 g/mol. The largest absolute Gasteiger partial charge is 0.463 e. The average molecular weight is 399 g/mol. The normalized spacial score (nSPS) is 16.7. The molecule has 0 saturated carbocycles. The van der Waals surface area contributed by atoms with Crippen LogP contribution < -0.4 is 10.6 Å². The van der Waals surface area contributed by atoms with E-state index < -0.39 is 24.0 Å². The number of amides is 2. The molecule has 1 aliphatic rings. The molecule has 2 amide bonds. The number of hydrogen-bond donors (Lipinski definition) is 2. The second-order valence-electron chi connectivity index (χ2n) is 5.40. The van der Waals surface area contributed by atoms with E-state index in [0.717, 1.165) is 5.75 Å². The fourth-order valence-corrected chi connectivity index (χ4v) is 4.06. The molecule has 0 aliphatic carbocycles. The maximum absolute atomic E-state index is 12.2. The van der Waals surface area contributed by atoms with Crippen LogP contribution in [-0.2, 0) is 24.8 Å². The fraction of sp³-hybridized carbons (Fsp3) is 0.471. The van der Waals surface area contributed by atoms with E-state index in [2.05, 4.69) is 10.6 Å². The molecule has 142 valence electrons. The summed E-state index contributed by atoms with van der Waals surface area (Å²) in [6.07, 6.45) is 0.523. The Morgan fingerprint density at radius 2 is 2.12 bits per heavy atom. The minimum absolute atomic E-state index is 0.170. The van der Waals surface area contributed by atoms with Crippen LogP contribution in [0, 0.1) is 0 Å². The first-order chi connectivity index (χ1) is 12.5. The molecule has 0 unspecified atom stereocenters. The molecule has 7 nitrogen and oxygen atoms in total. The van der Waals surface area contributed by atoms with E-state index in [-0.39, 0.29) is 24.7 Å². The van der Waals surface area contributed by atoms with E-state index in [1.165, 1.54) is 16.6 Å². The Labute approximate surface area is 160 Å². The van der Waals surface area contributed by atoms with E-state index in [1.807, 2.05) is 24.4 Å². The molecule has 2 rings (SSSR count). The molecule has 0 fully saturated rings. The zero-order valence-electron chi connectivity index (χ0n) is 14.7. The molecule has 0 spiro atoms. The zero-order valence-corrected chi connectivity index (χ0v) is 16.3. The van der Waals surface area contributed by atoms with Crippen molar-refractivity contribution in [1.82, 2.24) is 10.6 Å². The topological polar surface area (TPSA) is 93.7 Å². The van der Waals surface area contributed by atoms with Crippen LogP contribution in [0.4, 0.5) is 4.79 Å². The van der Waals surface area contributed by atoms with Gasteiger partial charge in [0.15, 0.2) is 0 Å². The predicted octanol–water partition coefficient (Wildman–Crippen LogP) is 2.43. The van der Waals surface area contributed by atoms with Gasteiger partial charge in [-0.3, -0.25) is 4.79 Å². The van der Waals surface area contributed by atoms with Gasteiger partial charge in [-0.05, 0) is 24.8 Å². The summed E-state index contributed by atoms with van der Waals surface area (Å²) in [4.78, 5) is 37.1. The summed E-state index contributed by atoms with van der Waals surface area (Å²) < 4.78 is 10.3. The molecule has 0 aromatic carbocycles. The highest BCUT2D eigenvalue weighted by Crippen LogP contribution is 2.19. The van der Waals surface area contributed by atoms with Gasteiger partial charge in [-0.15, -0.1) is 23.1 Å². The van der Waals surface area contributed by atoms with Crippen LogP contribution in [0.25, 0.3) is 0 Å². The lowest BCUT2D eigenvalue weighted by Gasteiger charge is -2.28. The Hall–Kier alpha value is -2.00. The van der Waals surface area contributed by atoms with Gasteiger partial charge in [0.05, 0.1) is 29.7 Å². The van der Waals surface area contributed by atoms with Crippen molar-refractivity contribution in [2.45, 2.75) is 32.1 Å². The van der Waals surface area contributed by atoms with Crippen LogP contribution in [-0.4, -0.2) is 43.0 Å². The van der Waals surface area contributed by atoms with Crippen LogP contribution >= 0.6 is 23.1 Å². The summed E-state index contributed by atoms with van der Waals surface area (Å²) >= 11 is 3.09. The van der Waals surface area contributed by atoms with Crippen LogP contribution in [0.1, 0.15) is 25.1 Å². The monoisotopic (exact) mass is 398 g/mol. The summed E-state index contributed by atoms with van der Waals surface area (Å²) in [5.74, 6) is 0.0129. The van der Waals surface area contributed by atoms with Crippen LogP contribution in [0.15, 0.2) is 28.8 Å². The summed E-state index contributed by atoms with van der Waals surface area (Å²) in [6.45, 7) is 3.61. The van der Waals surface area contributed by atoms with Crippen molar-refractivity contribution in [3.05, 3.63) is 33.7 Å². The maximum Gasteiger partial charge on any atom is 0.338 e. The van der Waals surface area contributed by atoms with Crippen LogP contribution in [0.2, 0.25) is 0 Å². The first kappa shape index (κ1) is 20.3. The molecule has 1 atom stereocenters. The molecular formula is C17H22N2O5S2. The molecule has 0 saturated heterocycles. The molecule has 26 heavy (non-hydrogen) atoms. The third-order valence-electron chi connectivity index (χ3n) is 3.57. The fourth-order valence-electron chi connectivity index (χ4n) is 2.40. The van der Waals surface area contributed by atoms with Crippen molar-refractivity contribution in [1.29, 1.82) is 0 Å². The van der Waals surface area contributed by atoms with Gasteiger partial charge in [-0.25, -0.2) is 9.59 Å². The summed E-state index contributed by atoms with van der Waals surface area (Å²) in [6, 6.07) is 3.08. The number of carbonyl (C=O) groups excluding carboxylic acids is 3. The van der Waals surface area contributed by atoms with Crippen LogP contribution in [0.3, 0.4) is 0 Å². The van der Waals surface area contributed by atoms with Gasteiger partial charge in [-0.2, -0.15) is 0 Å². The number of thioether (sulfide) groups is 1. The van der Waals surface area contributed by atoms with Crippen molar-refractivity contribution in [2.24, 2.45) is 0 Å². The highest BCUT2D eigenvalue weighted by atomic mass is 32.2. The van der Waals surface area contributed by atoms with Crippen molar-refractivity contribution in [3.63, 3.8) is 0 Å². The number of carbonyl (C=O) groups is 3. The lowest BCUT2D eigenvalue weighted by molar-refractivity contribution is -0.141. The third kappa shape index (κ3) is 5.77. The second kappa shape index (κ2) is 10.2. The Morgan fingerprint density at radius 1 is 1.31 bits per heavy atom. The van der Waals surface area contributed by atoms with Crippen molar-refractivity contribution in [2.75, 3.05) is 19.0 Å². The SMILES string of the molecule is CCOC(=O)C1=C(COC(=O)CSCc2cccs2)NC(=O)N[C@@H]1CC. The third-order valence-corrected chi connectivity index (χ3v) is 5.58. The molecule has 2 heterocycles. The highest BCUT2D eigenvalue weighted by molar-refractivity contribution is 7.99. The number of hydrogen-bond acceptors (Lipinski definition) is 7. The van der Waals surface area contributed by atoms with Gasteiger partial charge in [0.25, 0.3) is 0 Å². The standard InChI is InChI=1S/C17H22N2O5S2/c1-3-12-15(16(21)23-4-2)13(19-17(22)18-12)8-24-14(20)10-25-9-11-6-5-7-26-11/h5-7,12H,3-4,8-10H2,1-2H3,(H2,18,19,22)/t12-/m1/s1. The van der Waals surface area contributed by atoms with Gasteiger partial charge >= 0.3 is 18.0 Å². The van der Waals surface area contributed by atoms with Crippen molar-refractivity contribution >= 4 is 41.1 Å². The Bertz CT molecular complexity index is 673. The van der Waals surface area contributed by atoms with Crippen LogP contribution in [0.5, 0.6) is 0 Å². The molecule has 1 aromatic heterocycles. The predicted molar refractivity (Wildman–Crippen MR) is 101 cm³/mol. The smallest absolute Gasteiger partial charge is 0.338 e. The summed E-state index contributed by atoms with van der Waals surface area (Å²) in [5, 5.41) is 7.21. The minimum Gasteiger partial charge on any atom is -0.463 e. The van der Waals surface area contributed by atoms with Gasteiger partial charge in [-0.1, -0.05) is 13.0 Å². The minimum atomic E-state index is -0.523. The number of ether oxygens (including phenoxy) is 2. The first-order valence-electron chi connectivity index (χ1n) is 8.28. The Morgan fingerprint density at radius 3 is 2.77 bits per heavy atom. The Kier molecular flexibility index (Phi) is 7.99.